The number of benzene rings is 1. The number of aryl methyl sites for hydroxylation is 1. The van der Waals surface area contributed by atoms with Crippen LogP contribution in [0.5, 0.6) is 0 Å². The first kappa shape index (κ1) is 17.4. The topological polar surface area (TPSA) is 67.9 Å². The van der Waals surface area contributed by atoms with Gasteiger partial charge in [-0.15, -0.1) is 21.5 Å². The van der Waals surface area contributed by atoms with E-state index in [0.29, 0.717) is 5.13 Å². The van der Waals surface area contributed by atoms with Crippen LogP contribution in [-0.2, 0) is 11.8 Å². The standard InChI is InChI=1S/C19H23N5S2/c1-2-6-16-22-23-18(26-16)24-11-9-19(10-12-24,14-7-4-3-5-8-14)15-13-25-17(20)21-15/h3-5,7-8,13H,2,6,9-12H2,1H3,(H2,20,21). The van der Waals surface area contributed by atoms with Crippen LogP contribution < -0.4 is 10.6 Å². The van der Waals surface area contributed by atoms with Crippen molar-refractivity contribution in [1.29, 1.82) is 0 Å². The van der Waals surface area contributed by atoms with E-state index in [1.165, 1.54) is 16.9 Å². The molecule has 1 aromatic carbocycles. The van der Waals surface area contributed by atoms with Gasteiger partial charge in [-0.1, -0.05) is 48.6 Å². The molecule has 3 aromatic rings. The third-order valence-corrected chi connectivity index (χ3v) is 6.86. The Morgan fingerprint density at radius 2 is 1.92 bits per heavy atom. The van der Waals surface area contributed by atoms with Gasteiger partial charge in [-0.05, 0) is 24.8 Å². The fraction of sp³-hybridized carbons (Fsp3) is 0.421. The number of anilines is 2. The van der Waals surface area contributed by atoms with Crippen LogP contribution in [0.25, 0.3) is 0 Å². The van der Waals surface area contributed by atoms with Crippen molar-refractivity contribution in [3.8, 4) is 0 Å². The Balaban J connectivity index is 1.60. The summed E-state index contributed by atoms with van der Waals surface area (Å²) in [5.41, 5.74) is 8.32. The molecule has 0 saturated carbocycles. The molecule has 136 valence electrons. The van der Waals surface area contributed by atoms with Gasteiger partial charge in [0.05, 0.1) is 5.69 Å². The monoisotopic (exact) mass is 385 g/mol. The highest BCUT2D eigenvalue weighted by Crippen LogP contribution is 2.43. The normalized spacial score (nSPS) is 16.7. The Morgan fingerprint density at radius 1 is 1.15 bits per heavy atom. The highest BCUT2D eigenvalue weighted by Gasteiger charge is 2.40. The van der Waals surface area contributed by atoms with E-state index in [1.54, 1.807) is 11.3 Å². The van der Waals surface area contributed by atoms with E-state index in [2.05, 4.69) is 62.7 Å². The number of rotatable bonds is 5. The molecule has 0 aliphatic carbocycles. The summed E-state index contributed by atoms with van der Waals surface area (Å²) < 4.78 is 0. The van der Waals surface area contributed by atoms with Crippen LogP contribution in [0.2, 0.25) is 0 Å². The highest BCUT2D eigenvalue weighted by molar-refractivity contribution is 7.15. The molecule has 0 amide bonds. The van der Waals surface area contributed by atoms with Crippen LogP contribution in [0.1, 0.15) is 42.5 Å². The zero-order valence-corrected chi connectivity index (χ0v) is 16.5. The molecular formula is C19H23N5S2. The average Bonchev–Trinajstić information content (AvgIpc) is 3.32. The molecule has 1 aliphatic heterocycles. The van der Waals surface area contributed by atoms with Gasteiger partial charge in [0, 0.05) is 30.3 Å². The fourth-order valence-corrected chi connectivity index (χ4v) is 5.38. The predicted octanol–water partition coefficient (Wildman–Crippen LogP) is 4.12. The van der Waals surface area contributed by atoms with E-state index in [9.17, 15) is 0 Å². The lowest BCUT2D eigenvalue weighted by atomic mass is 9.71. The van der Waals surface area contributed by atoms with E-state index in [4.69, 9.17) is 5.73 Å². The van der Waals surface area contributed by atoms with Crippen molar-refractivity contribution >= 4 is 32.9 Å². The van der Waals surface area contributed by atoms with Crippen molar-refractivity contribution in [2.75, 3.05) is 23.7 Å². The maximum Gasteiger partial charge on any atom is 0.208 e. The molecule has 0 bridgehead atoms. The van der Waals surface area contributed by atoms with Crippen LogP contribution in [0.3, 0.4) is 0 Å². The molecule has 2 N–H and O–H groups in total. The van der Waals surface area contributed by atoms with Gasteiger partial charge in [0.15, 0.2) is 5.13 Å². The number of piperidine rings is 1. The van der Waals surface area contributed by atoms with Crippen molar-refractivity contribution in [2.45, 2.75) is 38.0 Å². The molecule has 2 aromatic heterocycles. The Labute approximate surface area is 161 Å². The summed E-state index contributed by atoms with van der Waals surface area (Å²) in [5, 5.41) is 13.7. The first-order valence-electron chi connectivity index (χ1n) is 9.05. The van der Waals surface area contributed by atoms with Gasteiger partial charge in [-0.25, -0.2) is 4.98 Å². The van der Waals surface area contributed by atoms with E-state index in [0.717, 1.165) is 54.6 Å². The minimum atomic E-state index is -0.0667. The molecule has 0 unspecified atom stereocenters. The van der Waals surface area contributed by atoms with Crippen molar-refractivity contribution in [3.63, 3.8) is 0 Å². The van der Waals surface area contributed by atoms with Gasteiger partial charge in [0.25, 0.3) is 0 Å². The summed E-state index contributed by atoms with van der Waals surface area (Å²) in [6, 6.07) is 10.7. The van der Waals surface area contributed by atoms with Crippen LogP contribution in [0.15, 0.2) is 35.7 Å². The van der Waals surface area contributed by atoms with Gasteiger partial charge in [0.1, 0.15) is 5.01 Å². The number of nitrogens with zero attached hydrogens (tertiary/aromatic N) is 4. The predicted molar refractivity (Wildman–Crippen MR) is 109 cm³/mol. The van der Waals surface area contributed by atoms with Crippen molar-refractivity contribution in [1.82, 2.24) is 15.2 Å². The molecule has 26 heavy (non-hydrogen) atoms. The second-order valence-corrected chi connectivity index (χ2v) is 8.66. The van der Waals surface area contributed by atoms with Gasteiger partial charge >= 0.3 is 0 Å². The molecule has 3 heterocycles. The minimum absolute atomic E-state index is 0.0667. The number of nitrogens with two attached hydrogens (primary N) is 1. The quantitative estimate of drug-likeness (QED) is 0.716. The maximum absolute atomic E-state index is 5.95. The molecular weight excluding hydrogens is 362 g/mol. The smallest absolute Gasteiger partial charge is 0.208 e. The second-order valence-electron chi connectivity index (χ2n) is 6.73. The van der Waals surface area contributed by atoms with Crippen LogP contribution in [0.4, 0.5) is 10.3 Å². The highest BCUT2D eigenvalue weighted by atomic mass is 32.1. The summed E-state index contributed by atoms with van der Waals surface area (Å²) in [4.78, 5) is 7.03. The summed E-state index contributed by atoms with van der Waals surface area (Å²) in [5.74, 6) is 0. The van der Waals surface area contributed by atoms with Crippen LogP contribution in [0, 0.1) is 0 Å². The number of hydrogen-bond acceptors (Lipinski definition) is 7. The average molecular weight is 386 g/mol. The maximum atomic E-state index is 5.95. The first-order chi connectivity index (χ1) is 12.7. The van der Waals surface area contributed by atoms with E-state index < -0.39 is 0 Å². The molecule has 7 heteroatoms. The summed E-state index contributed by atoms with van der Waals surface area (Å²) in [7, 11) is 0. The Kier molecular flexibility index (Phi) is 4.91. The fourth-order valence-electron chi connectivity index (χ4n) is 3.72. The molecule has 1 aliphatic rings. The Bertz CT molecular complexity index is 850. The van der Waals surface area contributed by atoms with Crippen LogP contribution >= 0.6 is 22.7 Å². The molecule has 0 atom stereocenters. The summed E-state index contributed by atoms with van der Waals surface area (Å²) >= 11 is 3.26. The third-order valence-electron chi connectivity index (χ3n) is 5.15. The first-order valence-corrected chi connectivity index (χ1v) is 10.8. The minimum Gasteiger partial charge on any atom is -0.375 e. The second kappa shape index (κ2) is 7.32. The van der Waals surface area contributed by atoms with E-state index in [1.807, 2.05) is 0 Å². The molecule has 5 nitrogen and oxygen atoms in total. The van der Waals surface area contributed by atoms with Crippen LogP contribution in [-0.4, -0.2) is 28.3 Å². The molecule has 4 rings (SSSR count). The van der Waals surface area contributed by atoms with E-state index >= 15 is 0 Å². The van der Waals surface area contributed by atoms with Gasteiger partial charge in [-0.2, -0.15) is 0 Å². The third kappa shape index (κ3) is 3.21. The largest absolute Gasteiger partial charge is 0.375 e. The molecule has 0 spiro atoms. The summed E-state index contributed by atoms with van der Waals surface area (Å²) in [6.07, 6.45) is 4.13. The van der Waals surface area contributed by atoms with Crippen molar-refractivity contribution < 1.29 is 0 Å². The number of hydrogen-bond donors (Lipinski definition) is 1. The Hall–Kier alpha value is -1.99. The van der Waals surface area contributed by atoms with Gasteiger partial charge in [-0.3, -0.25) is 0 Å². The zero-order chi connectivity index (χ0) is 18.0. The van der Waals surface area contributed by atoms with Gasteiger partial charge < -0.3 is 10.6 Å². The lowest BCUT2D eigenvalue weighted by Crippen LogP contribution is -2.43. The number of thiazole rings is 1. The van der Waals surface area contributed by atoms with Gasteiger partial charge in [0.2, 0.25) is 5.13 Å². The lowest BCUT2D eigenvalue weighted by molar-refractivity contribution is 0.384. The van der Waals surface area contributed by atoms with Crippen molar-refractivity contribution in [3.05, 3.63) is 52.0 Å². The number of aromatic nitrogens is 3. The zero-order valence-electron chi connectivity index (χ0n) is 14.9. The molecule has 0 radical (unpaired) electrons. The SMILES string of the molecule is CCCc1nnc(N2CCC(c3ccccc3)(c3csc(N)n3)CC2)s1. The van der Waals surface area contributed by atoms with Crippen molar-refractivity contribution in [2.24, 2.45) is 0 Å². The summed E-state index contributed by atoms with van der Waals surface area (Å²) in [6.45, 7) is 4.08. The lowest BCUT2D eigenvalue weighted by Gasteiger charge is -2.41. The molecule has 1 fully saturated rings. The van der Waals surface area contributed by atoms with E-state index in [-0.39, 0.29) is 5.41 Å². The molecule has 1 saturated heterocycles. The Morgan fingerprint density at radius 3 is 2.58 bits per heavy atom. The number of nitrogen functional groups attached to an aromatic ring is 1.